The average molecular weight is 129 g/mol. The first-order valence-electron chi connectivity index (χ1n) is 1.67. The summed E-state index contributed by atoms with van der Waals surface area (Å²) in [7, 11) is -3.61. The molecule has 1 unspecified atom stereocenters. The minimum absolute atomic E-state index is 0.708. The van der Waals surface area contributed by atoms with Gasteiger partial charge in [0.25, 0.3) is 0 Å². The predicted molar refractivity (Wildman–Crippen MR) is 19.8 cm³/mol. The van der Waals surface area contributed by atoms with Gasteiger partial charge in [0.2, 0.25) is 0 Å². The number of hydrogen-bond donors (Lipinski definition) is 0. The normalized spacial score (nSPS) is 16.7. The van der Waals surface area contributed by atoms with Crippen LogP contribution in [0.4, 0.5) is 13.2 Å². The van der Waals surface area contributed by atoms with Crippen molar-refractivity contribution >= 4 is 9.04 Å². The standard InChI is InChI=1S/C2H4F3OSi/c1-7(6)2(3,4)5/h7H,1H3. The molecule has 0 rings (SSSR count). The van der Waals surface area contributed by atoms with E-state index in [-0.39, 0.29) is 0 Å². The SMILES string of the molecule is C[SiH]([O])C(F)(F)F. The summed E-state index contributed by atoms with van der Waals surface area (Å²) in [6.07, 6.45) is 0. The lowest BCUT2D eigenvalue weighted by Crippen LogP contribution is -2.28. The molecule has 0 aliphatic carbocycles. The van der Waals surface area contributed by atoms with Gasteiger partial charge in [-0.05, 0) is 6.55 Å². The zero-order chi connectivity index (χ0) is 6.08. The monoisotopic (exact) mass is 129 g/mol. The molecule has 5 heteroatoms. The Balaban J connectivity index is 3.54. The minimum Gasteiger partial charge on any atom is -0.291 e. The van der Waals surface area contributed by atoms with Gasteiger partial charge in [-0.3, -0.25) is 4.80 Å². The molecule has 0 fully saturated rings. The van der Waals surface area contributed by atoms with E-state index in [1.807, 2.05) is 0 Å². The van der Waals surface area contributed by atoms with Gasteiger partial charge in [-0.2, -0.15) is 13.2 Å². The largest absolute Gasteiger partial charge is 0.389 e. The van der Waals surface area contributed by atoms with Crippen molar-refractivity contribution in [3.63, 3.8) is 0 Å². The van der Waals surface area contributed by atoms with Gasteiger partial charge in [0.15, 0.2) is 0 Å². The molecule has 0 heterocycles. The summed E-state index contributed by atoms with van der Waals surface area (Å²) < 4.78 is 32.8. The van der Waals surface area contributed by atoms with Crippen LogP contribution < -0.4 is 0 Å². The van der Waals surface area contributed by atoms with Crippen molar-refractivity contribution in [2.75, 3.05) is 0 Å². The molecule has 0 saturated heterocycles. The Kier molecular flexibility index (Phi) is 1.82. The average Bonchev–Trinajstić information content (AvgIpc) is 1.31. The van der Waals surface area contributed by atoms with Crippen LogP contribution in [0, 0.1) is 0 Å². The van der Waals surface area contributed by atoms with Crippen molar-refractivity contribution in [2.45, 2.75) is 12.3 Å². The van der Waals surface area contributed by atoms with Crippen LogP contribution in [0.15, 0.2) is 0 Å². The first kappa shape index (κ1) is 6.97. The second kappa shape index (κ2) is 1.83. The molecular weight excluding hydrogens is 125 g/mol. The molecule has 1 atom stereocenters. The van der Waals surface area contributed by atoms with Crippen LogP contribution in [0.25, 0.3) is 0 Å². The highest BCUT2D eigenvalue weighted by Gasteiger charge is 2.37. The second-order valence-corrected chi connectivity index (χ2v) is 3.12. The highest BCUT2D eigenvalue weighted by atomic mass is 28.3. The summed E-state index contributed by atoms with van der Waals surface area (Å²) in [4.78, 5) is 9.56. The van der Waals surface area contributed by atoms with Gasteiger partial charge in [-0.1, -0.05) is 0 Å². The Bertz CT molecular complexity index is 58.4. The third-order valence-electron chi connectivity index (χ3n) is 0.461. The van der Waals surface area contributed by atoms with E-state index in [1.165, 1.54) is 0 Å². The van der Waals surface area contributed by atoms with Crippen LogP contribution in [0.3, 0.4) is 0 Å². The molecule has 0 amide bonds. The van der Waals surface area contributed by atoms with Gasteiger partial charge in [0.1, 0.15) is 0 Å². The Morgan fingerprint density at radius 2 is 1.57 bits per heavy atom. The van der Waals surface area contributed by atoms with E-state index >= 15 is 0 Å². The van der Waals surface area contributed by atoms with Crippen LogP contribution in [0.5, 0.6) is 0 Å². The van der Waals surface area contributed by atoms with Crippen molar-refractivity contribution in [3.05, 3.63) is 0 Å². The van der Waals surface area contributed by atoms with Gasteiger partial charge in [-0.25, -0.2) is 0 Å². The fourth-order valence-corrected chi connectivity index (χ4v) is 0. The molecule has 0 aliphatic heterocycles. The van der Waals surface area contributed by atoms with E-state index in [0.717, 1.165) is 0 Å². The van der Waals surface area contributed by atoms with Crippen LogP contribution in [-0.4, -0.2) is 14.8 Å². The lowest BCUT2D eigenvalue weighted by atomic mass is 11.5. The van der Waals surface area contributed by atoms with Crippen LogP contribution in [-0.2, 0) is 4.80 Å². The summed E-state index contributed by atoms with van der Waals surface area (Å²) >= 11 is 0. The third-order valence-corrected chi connectivity index (χ3v) is 1.38. The Morgan fingerprint density at radius 3 is 1.57 bits per heavy atom. The summed E-state index contributed by atoms with van der Waals surface area (Å²) in [6, 6.07) is 0. The predicted octanol–water partition coefficient (Wildman–Crippen LogP) is 0.872. The molecular formula is C2H4F3OSi. The van der Waals surface area contributed by atoms with Gasteiger partial charge in [-0.15, -0.1) is 0 Å². The number of alkyl halides is 3. The molecule has 43 valence electrons. The molecule has 0 spiro atoms. The van der Waals surface area contributed by atoms with E-state index in [2.05, 4.69) is 0 Å². The maximum atomic E-state index is 10.9. The van der Waals surface area contributed by atoms with Crippen molar-refractivity contribution in [1.29, 1.82) is 0 Å². The summed E-state index contributed by atoms with van der Waals surface area (Å²) in [5, 5.41) is 0. The lowest BCUT2D eigenvalue weighted by Gasteiger charge is -2.02. The number of halogens is 3. The molecule has 1 nitrogen and oxygen atoms in total. The highest BCUT2D eigenvalue weighted by Crippen LogP contribution is 2.16. The summed E-state index contributed by atoms with van der Waals surface area (Å²) in [5.41, 5.74) is 0. The Labute approximate surface area is 40.5 Å². The van der Waals surface area contributed by atoms with Gasteiger partial charge >= 0.3 is 14.8 Å². The maximum absolute atomic E-state index is 10.9. The lowest BCUT2D eigenvalue weighted by molar-refractivity contribution is -0.0649. The zero-order valence-electron chi connectivity index (χ0n) is 3.62. The fraction of sp³-hybridized carbons (Fsp3) is 1.00. The smallest absolute Gasteiger partial charge is 0.291 e. The third kappa shape index (κ3) is 2.64. The molecule has 0 bridgehead atoms. The van der Waals surface area contributed by atoms with E-state index in [4.69, 9.17) is 0 Å². The first-order chi connectivity index (χ1) is 2.94. The number of hydrogen-bond acceptors (Lipinski definition) is 0. The topological polar surface area (TPSA) is 19.9 Å². The zero-order valence-corrected chi connectivity index (χ0v) is 4.77. The molecule has 0 aromatic carbocycles. The Hall–Kier alpha value is -0.0331. The van der Waals surface area contributed by atoms with E-state index in [0.29, 0.717) is 6.55 Å². The molecule has 0 saturated carbocycles. The maximum Gasteiger partial charge on any atom is 0.389 e. The van der Waals surface area contributed by atoms with E-state index < -0.39 is 14.8 Å². The quantitative estimate of drug-likeness (QED) is 0.432. The van der Waals surface area contributed by atoms with Crippen molar-refractivity contribution in [2.24, 2.45) is 0 Å². The molecule has 7 heavy (non-hydrogen) atoms. The van der Waals surface area contributed by atoms with Crippen molar-refractivity contribution in [1.82, 2.24) is 0 Å². The van der Waals surface area contributed by atoms with Gasteiger partial charge in [0, 0.05) is 0 Å². The Morgan fingerprint density at radius 1 is 1.43 bits per heavy atom. The fourth-order valence-electron chi connectivity index (χ4n) is 0. The molecule has 0 aromatic heterocycles. The number of rotatable bonds is 0. The van der Waals surface area contributed by atoms with E-state index in [1.54, 1.807) is 0 Å². The van der Waals surface area contributed by atoms with Crippen molar-refractivity contribution in [3.8, 4) is 0 Å². The molecule has 0 aromatic rings. The van der Waals surface area contributed by atoms with Crippen LogP contribution in [0.1, 0.15) is 0 Å². The minimum atomic E-state index is -4.42. The van der Waals surface area contributed by atoms with Crippen molar-refractivity contribution < 1.29 is 18.0 Å². The molecule has 1 radical (unpaired) electrons. The summed E-state index contributed by atoms with van der Waals surface area (Å²) in [6.45, 7) is 0.708. The molecule has 0 aliphatic rings. The first-order valence-corrected chi connectivity index (χ1v) is 3.87. The van der Waals surface area contributed by atoms with E-state index in [9.17, 15) is 18.0 Å². The molecule has 0 N–H and O–H groups in total. The van der Waals surface area contributed by atoms with Crippen LogP contribution in [0.2, 0.25) is 6.55 Å². The summed E-state index contributed by atoms with van der Waals surface area (Å²) in [5.74, 6) is -4.42. The highest BCUT2D eigenvalue weighted by molar-refractivity contribution is 6.50. The van der Waals surface area contributed by atoms with Gasteiger partial charge in [0.05, 0.1) is 0 Å². The van der Waals surface area contributed by atoms with Crippen LogP contribution >= 0.6 is 0 Å². The second-order valence-electron chi connectivity index (χ2n) is 1.18. The van der Waals surface area contributed by atoms with Gasteiger partial charge < -0.3 is 0 Å².